The number of amides is 1. The fourth-order valence-electron chi connectivity index (χ4n) is 2.46. The number of carboxylic acids is 1. The van der Waals surface area contributed by atoms with Gasteiger partial charge in [-0.3, -0.25) is 9.59 Å². The summed E-state index contributed by atoms with van der Waals surface area (Å²) in [7, 11) is 0. The molecular weight excluding hydrogens is 268 g/mol. The van der Waals surface area contributed by atoms with Gasteiger partial charge >= 0.3 is 5.97 Å². The molecule has 1 saturated carbocycles. The summed E-state index contributed by atoms with van der Waals surface area (Å²) < 4.78 is 0. The van der Waals surface area contributed by atoms with Gasteiger partial charge < -0.3 is 15.7 Å². The van der Waals surface area contributed by atoms with Crippen molar-refractivity contribution in [3.63, 3.8) is 0 Å². The first kappa shape index (κ1) is 18.0. The smallest absolute Gasteiger partial charge is 0.303 e. The average molecular weight is 298 g/mol. The molecule has 122 valence electrons. The second-order valence-electron chi connectivity index (χ2n) is 7.11. The highest BCUT2D eigenvalue weighted by Gasteiger charge is 2.25. The highest BCUT2D eigenvalue weighted by atomic mass is 16.4. The van der Waals surface area contributed by atoms with Gasteiger partial charge in [-0.1, -0.05) is 20.8 Å². The zero-order chi connectivity index (χ0) is 15.9. The maximum atomic E-state index is 11.7. The number of aliphatic carboxylic acids is 1. The standard InChI is InChI=1S/C16H30N2O3/c1-16(2,3)12(4-7-15(20)21)8-10-18-14(19)9-11-17-13-5-6-13/h12-13,17H,4-11H2,1-3H3,(H,18,19)(H,20,21). The number of nitrogens with one attached hydrogen (secondary N) is 2. The van der Waals surface area contributed by atoms with Crippen molar-refractivity contribution < 1.29 is 14.7 Å². The van der Waals surface area contributed by atoms with E-state index in [1.165, 1.54) is 12.8 Å². The number of carbonyl (C=O) groups is 2. The van der Waals surface area contributed by atoms with Crippen molar-refractivity contribution in [2.24, 2.45) is 11.3 Å². The SMILES string of the molecule is CC(C)(C)C(CCNC(=O)CCNC1CC1)CCC(=O)O. The van der Waals surface area contributed by atoms with Gasteiger partial charge in [-0.25, -0.2) is 0 Å². The van der Waals surface area contributed by atoms with Crippen LogP contribution in [0.4, 0.5) is 0 Å². The van der Waals surface area contributed by atoms with Gasteiger partial charge in [-0.15, -0.1) is 0 Å². The van der Waals surface area contributed by atoms with Crippen LogP contribution < -0.4 is 10.6 Å². The zero-order valence-electron chi connectivity index (χ0n) is 13.6. The summed E-state index contributed by atoms with van der Waals surface area (Å²) in [6, 6.07) is 0.638. The minimum atomic E-state index is -0.751. The topological polar surface area (TPSA) is 78.4 Å². The van der Waals surface area contributed by atoms with Crippen molar-refractivity contribution in [1.82, 2.24) is 10.6 Å². The molecule has 0 bridgehead atoms. The molecule has 0 heterocycles. The van der Waals surface area contributed by atoms with Crippen molar-refractivity contribution >= 4 is 11.9 Å². The van der Waals surface area contributed by atoms with E-state index in [2.05, 4.69) is 31.4 Å². The van der Waals surface area contributed by atoms with Gasteiger partial charge in [-0.05, 0) is 37.0 Å². The Morgan fingerprint density at radius 1 is 1.14 bits per heavy atom. The summed E-state index contributed by atoms with van der Waals surface area (Å²) in [6.07, 6.45) is 4.68. The Morgan fingerprint density at radius 2 is 1.81 bits per heavy atom. The lowest BCUT2D eigenvalue weighted by Crippen LogP contribution is -2.32. The van der Waals surface area contributed by atoms with Crippen LogP contribution >= 0.6 is 0 Å². The lowest BCUT2D eigenvalue weighted by molar-refractivity contribution is -0.137. The first-order chi connectivity index (χ1) is 9.79. The molecule has 0 aromatic carbocycles. The Kier molecular flexibility index (Phi) is 7.15. The van der Waals surface area contributed by atoms with Crippen molar-refractivity contribution in [3.05, 3.63) is 0 Å². The molecule has 1 rings (SSSR count). The summed E-state index contributed by atoms with van der Waals surface area (Å²) in [5.74, 6) is -0.369. The Hall–Kier alpha value is -1.10. The summed E-state index contributed by atoms with van der Waals surface area (Å²) in [5, 5.41) is 15.1. The third-order valence-electron chi connectivity index (χ3n) is 4.11. The van der Waals surface area contributed by atoms with Gasteiger partial charge in [-0.2, -0.15) is 0 Å². The van der Waals surface area contributed by atoms with Gasteiger partial charge in [0.1, 0.15) is 0 Å². The van der Waals surface area contributed by atoms with Gasteiger partial charge in [0.15, 0.2) is 0 Å². The molecule has 1 amide bonds. The van der Waals surface area contributed by atoms with Crippen molar-refractivity contribution in [3.8, 4) is 0 Å². The van der Waals surface area contributed by atoms with E-state index in [-0.39, 0.29) is 17.7 Å². The van der Waals surface area contributed by atoms with Gasteiger partial charge in [0, 0.05) is 32.0 Å². The molecule has 0 aromatic rings. The van der Waals surface area contributed by atoms with Crippen molar-refractivity contribution in [2.45, 2.75) is 65.3 Å². The number of carboxylic acid groups (broad SMARTS) is 1. The molecule has 5 nitrogen and oxygen atoms in total. The van der Waals surface area contributed by atoms with Crippen LogP contribution in [0, 0.1) is 11.3 Å². The lowest BCUT2D eigenvalue weighted by atomic mass is 9.76. The van der Waals surface area contributed by atoms with Crippen LogP contribution in [0.15, 0.2) is 0 Å². The molecule has 0 aromatic heterocycles. The largest absolute Gasteiger partial charge is 0.481 e. The highest BCUT2D eigenvalue weighted by molar-refractivity contribution is 5.76. The van der Waals surface area contributed by atoms with Gasteiger partial charge in [0.2, 0.25) is 5.91 Å². The predicted molar refractivity (Wildman–Crippen MR) is 83.1 cm³/mol. The maximum Gasteiger partial charge on any atom is 0.303 e. The maximum absolute atomic E-state index is 11.7. The molecule has 1 fully saturated rings. The van der Waals surface area contributed by atoms with Crippen LogP contribution in [0.25, 0.3) is 0 Å². The molecule has 1 unspecified atom stereocenters. The van der Waals surface area contributed by atoms with E-state index >= 15 is 0 Å². The quantitative estimate of drug-likeness (QED) is 0.577. The molecule has 3 N–H and O–H groups in total. The molecule has 0 aliphatic heterocycles. The van der Waals surface area contributed by atoms with Crippen LogP contribution in [0.3, 0.4) is 0 Å². The minimum Gasteiger partial charge on any atom is -0.481 e. The molecule has 0 saturated heterocycles. The van der Waals surface area contributed by atoms with E-state index in [1.807, 2.05) is 0 Å². The second-order valence-corrected chi connectivity index (χ2v) is 7.11. The fraction of sp³-hybridized carbons (Fsp3) is 0.875. The summed E-state index contributed by atoms with van der Waals surface area (Å²) in [5.41, 5.74) is 0.0632. The van der Waals surface area contributed by atoms with Crippen LogP contribution in [0.5, 0.6) is 0 Å². The van der Waals surface area contributed by atoms with E-state index in [1.54, 1.807) is 0 Å². The Bertz CT molecular complexity index is 346. The molecule has 0 spiro atoms. The van der Waals surface area contributed by atoms with Crippen LogP contribution in [0.1, 0.15) is 59.3 Å². The second kappa shape index (κ2) is 8.37. The van der Waals surface area contributed by atoms with E-state index in [0.29, 0.717) is 31.3 Å². The third kappa shape index (κ3) is 8.71. The Balaban J connectivity index is 2.18. The number of rotatable bonds is 10. The molecule has 1 aliphatic rings. The third-order valence-corrected chi connectivity index (χ3v) is 4.11. The predicted octanol–water partition coefficient (Wildman–Crippen LogP) is 2.16. The van der Waals surface area contributed by atoms with Crippen molar-refractivity contribution in [1.29, 1.82) is 0 Å². The zero-order valence-corrected chi connectivity index (χ0v) is 13.6. The lowest BCUT2D eigenvalue weighted by Gasteiger charge is -2.30. The Morgan fingerprint density at radius 3 is 2.33 bits per heavy atom. The van der Waals surface area contributed by atoms with E-state index in [9.17, 15) is 9.59 Å². The van der Waals surface area contributed by atoms with E-state index < -0.39 is 5.97 Å². The summed E-state index contributed by atoms with van der Waals surface area (Å²) in [4.78, 5) is 22.4. The molecule has 21 heavy (non-hydrogen) atoms. The van der Waals surface area contributed by atoms with Crippen LogP contribution in [-0.4, -0.2) is 36.1 Å². The normalized spacial score (nSPS) is 16.5. The van der Waals surface area contributed by atoms with Crippen LogP contribution in [0.2, 0.25) is 0 Å². The van der Waals surface area contributed by atoms with Gasteiger partial charge in [0.25, 0.3) is 0 Å². The first-order valence-electron chi connectivity index (χ1n) is 8.01. The van der Waals surface area contributed by atoms with Crippen molar-refractivity contribution in [2.75, 3.05) is 13.1 Å². The molecule has 1 aliphatic carbocycles. The highest BCUT2D eigenvalue weighted by Crippen LogP contribution is 2.32. The summed E-state index contributed by atoms with van der Waals surface area (Å²) >= 11 is 0. The average Bonchev–Trinajstić information content (AvgIpc) is 3.15. The number of hydrogen-bond acceptors (Lipinski definition) is 3. The number of carbonyl (C=O) groups excluding carboxylic acids is 1. The van der Waals surface area contributed by atoms with E-state index in [4.69, 9.17) is 5.11 Å². The molecular formula is C16H30N2O3. The molecule has 1 atom stereocenters. The number of hydrogen-bond donors (Lipinski definition) is 3. The summed E-state index contributed by atoms with van der Waals surface area (Å²) in [6.45, 7) is 7.75. The Labute approximate surface area is 127 Å². The molecule has 5 heteroatoms. The van der Waals surface area contributed by atoms with E-state index in [0.717, 1.165) is 13.0 Å². The fourth-order valence-corrected chi connectivity index (χ4v) is 2.46. The molecule has 0 radical (unpaired) electrons. The first-order valence-corrected chi connectivity index (χ1v) is 8.01. The van der Waals surface area contributed by atoms with Gasteiger partial charge in [0.05, 0.1) is 0 Å². The van der Waals surface area contributed by atoms with Crippen LogP contribution in [-0.2, 0) is 9.59 Å². The monoisotopic (exact) mass is 298 g/mol. The minimum absolute atomic E-state index is 0.0632.